The number of nitrogens with zero attached hydrogens (tertiary/aromatic N) is 4. The molecule has 0 radical (unpaired) electrons. The Kier molecular flexibility index (Phi) is 4.36. The minimum Gasteiger partial charge on any atom is -0.388 e. The number of carbonyl (C=O) groups is 1. The molecule has 1 aromatic heterocycles. The molecule has 3 rings (SSSR count). The minimum atomic E-state index is -0.923. The normalized spacial score (nSPS) is 17.0. The van der Waals surface area contributed by atoms with E-state index in [0.717, 1.165) is 25.7 Å². The lowest BCUT2D eigenvalue weighted by Gasteiger charge is -2.26. The summed E-state index contributed by atoms with van der Waals surface area (Å²) in [6.45, 7) is 3.64. The van der Waals surface area contributed by atoms with Gasteiger partial charge in [-0.25, -0.2) is 0 Å². The van der Waals surface area contributed by atoms with Crippen molar-refractivity contribution >= 4 is 5.91 Å². The van der Waals surface area contributed by atoms with Gasteiger partial charge in [0.05, 0.1) is 12.1 Å². The Morgan fingerprint density at radius 1 is 1.29 bits per heavy atom. The van der Waals surface area contributed by atoms with Crippen LogP contribution in [-0.4, -0.2) is 36.8 Å². The van der Waals surface area contributed by atoms with Gasteiger partial charge in [0.25, 0.3) is 5.91 Å². The van der Waals surface area contributed by atoms with Gasteiger partial charge < -0.3 is 10.4 Å². The molecule has 0 unspecified atom stereocenters. The molecule has 2 N–H and O–H groups in total. The van der Waals surface area contributed by atoms with Gasteiger partial charge in [0.15, 0.2) is 5.82 Å². The highest BCUT2D eigenvalue weighted by Crippen LogP contribution is 2.37. The van der Waals surface area contributed by atoms with E-state index in [4.69, 9.17) is 0 Å². The van der Waals surface area contributed by atoms with Crippen LogP contribution in [-0.2, 0) is 12.1 Å². The Bertz CT molecular complexity index is 699. The quantitative estimate of drug-likeness (QED) is 0.870. The third kappa shape index (κ3) is 3.62. The molecule has 128 valence electrons. The molecule has 0 saturated heterocycles. The van der Waals surface area contributed by atoms with Crippen LogP contribution in [0.25, 0.3) is 0 Å². The van der Waals surface area contributed by atoms with Gasteiger partial charge in [0.2, 0.25) is 0 Å². The molecule has 1 aliphatic rings. The summed E-state index contributed by atoms with van der Waals surface area (Å²) in [7, 11) is 0. The number of hydrogen-bond acceptors (Lipinski definition) is 5. The van der Waals surface area contributed by atoms with Gasteiger partial charge in [-0.15, -0.1) is 10.2 Å². The lowest BCUT2D eigenvalue weighted by molar-refractivity contribution is 0.0523. The summed E-state index contributed by atoms with van der Waals surface area (Å²) in [6.07, 6.45) is 3.60. The molecule has 0 spiro atoms. The summed E-state index contributed by atoms with van der Waals surface area (Å²) in [5.74, 6) is 0.393. The van der Waals surface area contributed by atoms with Crippen LogP contribution < -0.4 is 5.32 Å². The molecular formula is C17H23N5O2. The van der Waals surface area contributed by atoms with Gasteiger partial charge in [-0.3, -0.25) is 4.79 Å². The van der Waals surface area contributed by atoms with E-state index in [1.165, 1.54) is 4.80 Å². The summed E-state index contributed by atoms with van der Waals surface area (Å²) in [6, 6.07) is 9.14. The number of rotatable bonds is 5. The van der Waals surface area contributed by atoms with Crippen LogP contribution in [0.1, 0.15) is 55.7 Å². The summed E-state index contributed by atoms with van der Waals surface area (Å²) in [4.78, 5) is 14.0. The fourth-order valence-electron chi connectivity index (χ4n) is 3.11. The highest BCUT2D eigenvalue weighted by atomic mass is 16.3. The van der Waals surface area contributed by atoms with E-state index < -0.39 is 11.1 Å². The van der Waals surface area contributed by atoms with Crippen LogP contribution in [0.15, 0.2) is 30.3 Å². The van der Waals surface area contributed by atoms with Crippen LogP contribution in [0.5, 0.6) is 0 Å². The van der Waals surface area contributed by atoms with E-state index in [1.807, 2.05) is 18.2 Å². The van der Waals surface area contributed by atoms with Crippen molar-refractivity contribution in [1.82, 2.24) is 25.5 Å². The maximum absolute atomic E-state index is 12.6. The average Bonchev–Trinajstić information content (AvgIpc) is 3.17. The van der Waals surface area contributed by atoms with Crippen molar-refractivity contribution in [2.24, 2.45) is 0 Å². The Hall–Kier alpha value is -2.28. The number of aliphatic hydroxyl groups is 1. The molecule has 0 aliphatic heterocycles. The predicted molar refractivity (Wildman–Crippen MR) is 88.2 cm³/mol. The maximum Gasteiger partial charge on any atom is 0.252 e. The SMILES string of the molecule is CC(C)(O)Cn1nnc(C2(NC(=O)c3ccccc3)CCCC2)n1. The van der Waals surface area contributed by atoms with E-state index in [-0.39, 0.29) is 12.5 Å². The van der Waals surface area contributed by atoms with E-state index in [9.17, 15) is 9.90 Å². The average molecular weight is 329 g/mol. The lowest BCUT2D eigenvalue weighted by atomic mass is 9.96. The van der Waals surface area contributed by atoms with E-state index in [0.29, 0.717) is 11.4 Å². The standard InChI is InChI=1S/C17H23N5O2/c1-16(2,24)12-22-20-15(19-21-22)17(10-6-7-11-17)18-14(23)13-8-4-3-5-9-13/h3-5,8-9,24H,6-7,10-12H2,1-2H3,(H,18,23). The number of hydrogen-bond donors (Lipinski definition) is 2. The molecule has 1 aromatic carbocycles. The van der Waals surface area contributed by atoms with Gasteiger partial charge in [0.1, 0.15) is 5.54 Å². The predicted octanol–water partition coefficient (Wildman–Crippen LogP) is 1.64. The molecule has 7 heteroatoms. The summed E-state index contributed by atoms with van der Waals surface area (Å²) in [5, 5.41) is 25.6. The molecule has 7 nitrogen and oxygen atoms in total. The Morgan fingerprint density at radius 3 is 2.58 bits per heavy atom. The van der Waals surface area contributed by atoms with Crippen molar-refractivity contribution in [1.29, 1.82) is 0 Å². The van der Waals surface area contributed by atoms with Crippen LogP contribution in [0.4, 0.5) is 0 Å². The molecule has 1 amide bonds. The number of amides is 1. The number of carbonyl (C=O) groups excluding carboxylic acids is 1. The molecule has 1 saturated carbocycles. The Labute approximate surface area is 141 Å². The van der Waals surface area contributed by atoms with Gasteiger partial charge in [-0.2, -0.15) is 4.80 Å². The second-order valence-electron chi connectivity index (χ2n) is 7.07. The van der Waals surface area contributed by atoms with Crippen molar-refractivity contribution in [2.45, 2.75) is 57.2 Å². The first kappa shape index (κ1) is 16.6. The Balaban J connectivity index is 1.82. The Morgan fingerprint density at radius 2 is 1.96 bits per heavy atom. The van der Waals surface area contributed by atoms with E-state index >= 15 is 0 Å². The lowest BCUT2D eigenvalue weighted by Crippen LogP contribution is -2.44. The smallest absolute Gasteiger partial charge is 0.252 e. The van der Waals surface area contributed by atoms with Crippen LogP contribution >= 0.6 is 0 Å². The molecule has 1 heterocycles. The molecule has 1 fully saturated rings. The first-order valence-electron chi connectivity index (χ1n) is 8.26. The van der Waals surface area contributed by atoms with Crippen molar-refractivity contribution in [3.05, 3.63) is 41.7 Å². The number of nitrogens with one attached hydrogen (secondary N) is 1. The first-order chi connectivity index (χ1) is 11.4. The van der Waals surface area contributed by atoms with Gasteiger partial charge in [-0.1, -0.05) is 31.0 Å². The van der Waals surface area contributed by atoms with E-state index in [1.54, 1.807) is 26.0 Å². The highest BCUT2D eigenvalue weighted by molar-refractivity contribution is 5.94. The topological polar surface area (TPSA) is 92.9 Å². The van der Waals surface area contributed by atoms with Gasteiger partial charge in [0, 0.05) is 5.56 Å². The third-order valence-electron chi connectivity index (χ3n) is 4.26. The number of tetrazole rings is 1. The monoisotopic (exact) mass is 329 g/mol. The van der Waals surface area contributed by atoms with Crippen LogP contribution in [0.3, 0.4) is 0 Å². The molecule has 2 aromatic rings. The van der Waals surface area contributed by atoms with E-state index in [2.05, 4.69) is 20.7 Å². The fraction of sp³-hybridized carbons (Fsp3) is 0.529. The molecule has 0 atom stereocenters. The molecule has 0 bridgehead atoms. The zero-order valence-electron chi connectivity index (χ0n) is 14.1. The van der Waals surface area contributed by atoms with Crippen molar-refractivity contribution in [2.75, 3.05) is 0 Å². The number of aromatic nitrogens is 4. The summed E-state index contributed by atoms with van der Waals surface area (Å²) < 4.78 is 0. The number of benzene rings is 1. The van der Waals surface area contributed by atoms with Gasteiger partial charge >= 0.3 is 0 Å². The second-order valence-corrected chi connectivity index (χ2v) is 7.07. The van der Waals surface area contributed by atoms with Crippen LogP contribution in [0.2, 0.25) is 0 Å². The zero-order valence-corrected chi connectivity index (χ0v) is 14.1. The van der Waals surface area contributed by atoms with Crippen molar-refractivity contribution < 1.29 is 9.90 Å². The molecule has 1 aliphatic carbocycles. The minimum absolute atomic E-state index is 0.128. The summed E-state index contributed by atoms with van der Waals surface area (Å²) >= 11 is 0. The summed E-state index contributed by atoms with van der Waals surface area (Å²) in [5.41, 5.74) is -0.883. The van der Waals surface area contributed by atoms with Crippen molar-refractivity contribution in [3.8, 4) is 0 Å². The van der Waals surface area contributed by atoms with Gasteiger partial charge in [-0.05, 0) is 44.0 Å². The second kappa shape index (κ2) is 6.32. The van der Waals surface area contributed by atoms with Crippen molar-refractivity contribution in [3.63, 3.8) is 0 Å². The molecule has 24 heavy (non-hydrogen) atoms. The highest BCUT2D eigenvalue weighted by Gasteiger charge is 2.41. The van der Waals surface area contributed by atoms with Crippen LogP contribution in [0, 0.1) is 0 Å². The fourth-order valence-corrected chi connectivity index (χ4v) is 3.11. The zero-order chi connectivity index (χ0) is 17.2. The maximum atomic E-state index is 12.6. The molecular weight excluding hydrogens is 306 g/mol. The first-order valence-corrected chi connectivity index (χ1v) is 8.26. The largest absolute Gasteiger partial charge is 0.388 e. The third-order valence-corrected chi connectivity index (χ3v) is 4.26.